The molecule has 1 saturated heterocycles. The van der Waals surface area contributed by atoms with Crippen LogP contribution in [0.5, 0.6) is 0 Å². The van der Waals surface area contributed by atoms with Gasteiger partial charge in [-0.05, 0) is 88.5 Å². The molecule has 0 aromatic rings. The summed E-state index contributed by atoms with van der Waals surface area (Å²) in [6.07, 6.45) is 13.3. The Morgan fingerprint density at radius 1 is 1.00 bits per heavy atom. The van der Waals surface area contributed by atoms with Crippen LogP contribution in [0.15, 0.2) is 12.3 Å². The zero-order chi connectivity index (χ0) is 18.4. The highest BCUT2D eigenvalue weighted by Gasteiger charge is 2.68. The van der Waals surface area contributed by atoms with Crippen molar-refractivity contribution in [2.75, 3.05) is 0 Å². The Morgan fingerprint density at radius 2 is 1.81 bits per heavy atom. The molecule has 3 unspecified atom stereocenters. The summed E-state index contributed by atoms with van der Waals surface area (Å²) < 4.78 is 18.8. The van der Waals surface area contributed by atoms with Crippen molar-refractivity contribution in [1.29, 1.82) is 0 Å². The molecule has 26 heavy (non-hydrogen) atoms. The summed E-state index contributed by atoms with van der Waals surface area (Å²) in [4.78, 5) is 0. The maximum atomic E-state index is 6.57. The van der Waals surface area contributed by atoms with Crippen LogP contribution in [-0.2, 0) is 14.2 Å². The Hall–Kier alpha value is -0.540. The van der Waals surface area contributed by atoms with E-state index in [2.05, 4.69) is 40.7 Å². The summed E-state index contributed by atoms with van der Waals surface area (Å²) in [5.74, 6) is 2.40. The molecule has 5 rings (SSSR count). The van der Waals surface area contributed by atoms with Crippen molar-refractivity contribution in [3.63, 3.8) is 0 Å². The van der Waals surface area contributed by atoms with Crippen LogP contribution in [0.1, 0.15) is 79.6 Å². The third-order valence-electron chi connectivity index (χ3n) is 8.98. The van der Waals surface area contributed by atoms with Crippen LogP contribution in [0.4, 0.5) is 0 Å². The van der Waals surface area contributed by atoms with Crippen LogP contribution in [-0.4, -0.2) is 23.6 Å². The van der Waals surface area contributed by atoms with Crippen LogP contribution in [0.3, 0.4) is 0 Å². The Morgan fingerprint density at radius 3 is 2.58 bits per heavy atom. The third kappa shape index (κ3) is 2.19. The molecule has 0 radical (unpaired) electrons. The van der Waals surface area contributed by atoms with Gasteiger partial charge in [-0.25, -0.2) is 0 Å². The fraction of sp³-hybridized carbons (Fsp3) is 0.913. The van der Waals surface area contributed by atoms with Crippen LogP contribution in [0, 0.1) is 28.6 Å². The van der Waals surface area contributed by atoms with Gasteiger partial charge in [0, 0.05) is 11.8 Å². The smallest absolute Gasteiger partial charge is 0.200 e. The van der Waals surface area contributed by atoms with E-state index in [-0.39, 0.29) is 22.9 Å². The van der Waals surface area contributed by atoms with Gasteiger partial charge in [-0.15, -0.1) is 0 Å². The molecule has 0 aromatic heterocycles. The number of hydrogen-bond donors (Lipinski definition) is 0. The molecule has 4 fully saturated rings. The molecule has 1 spiro atoms. The maximum Gasteiger partial charge on any atom is 0.200 e. The minimum Gasteiger partial charge on any atom is -0.473 e. The average molecular weight is 361 g/mol. The zero-order valence-electron chi connectivity index (χ0n) is 17.2. The second-order valence-corrected chi connectivity index (χ2v) is 11.3. The second-order valence-electron chi connectivity index (χ2n) is 11.3. The average Bonchev–Trinajstić information content (AvgIpc) is 2.97. The molecular formula is C23H36O3. The SMILES string of the molecule is CC(C)(C)O[C@H]1CCC2C3CC[C@@]45C=CO[C@@H](C[C@]4(C)C3CC[C@@]21C)O5. The third-order valence-corrected chi connectivity index (χ3v) is 8.98. The maximum absolute atomic E-state index is 6.57. The first-order valence-corrected chi connectivity index (χ1v) is 10.9. The molecule has 0 N–H and O–H groups in total. The van der Waals surface area contributed by atoms with Gasteiger partial charge in [0.2, 0.25) is 6.29 Å². The lowest BCUT2D eigenvalue weighted by Gasteiger charge is -2.59. The highest BCUT2D eigenvalue weighted by atomic mass is 16.7. The van der Waals surface area contributed by atoms with Crippen molar-refractivity contribution in [1.82, 2.24) is 0 Å². The van der Waals surface area contributed by atoms with E-state index in [1.54, 1.807) is 0 Å². The summed E-state index contributed by atoms with van der Waals surface area (Å²) >= 11 is 0. The Labute approximate surface area is 158 Å². The fourth-order valence-electron chi connectivity index (χ4n) is 7.80. The van der Waals surface area contributed by atoms with E-state index in [0.717, 1.165) is 24.2 Å². The molecule has 2 heterocycles. The topological polar surface area (TPSA) is 27.7 Å². The van der Waals surface area contributed by atoms with Gasteiger partial charge in [-0.1, -0.05) is 13.8 Å². The van der Waals surface area contributed by atoms with Gasteiger partial charge in [0.25, 0.3) is 0 Å². The van der Waals surface area contributed by atoms with E-state index in [1.807, 2.05) is 6.26 Å². The first-order chi connectivity index (χ1) is 12.2. The molecular weight excluding hydrogens is 324 g/mol. The molecule has 8 atom stereocenters. The van der Waals surface area contributed by atoms with Crippen molar-refractivity contribution in [3.05, 3.63) is 12.3 Å². The Bertz CT molecular complexity index is 621. The molecule has 3 aliphatic carbocycles. The van der Waals surface area contributed by atoms with Crippen LogP contribution >= 0.6 is 0 Å². The lowest BCUT2D eigenvalue weighted by atomic mass is 9.46. The molecule has 5 aliphatic rings. The zero-order valence-corrected chi connectivity index (χ0v) is 17.2. The van der Waals surface area contributed by atoms with E-state index in [4.69, 9.17) is 14.2 Å². The highest BCUT2D eigenvalue weighted by molar-refractivity contribution is 5.22. The van der Waals surface area contributed by atoms with Gasteiger partial charge >= 0.3 is 0 Å². The quantitative estimate of drug-likeness (QED) is 0.623. The summed E-state index contributed by atoms with van der Waals surface area (Å²) in [6, 6.07) is 0. The van der Waals surface area contributed by atoms with Crippen molar-refractivity contribution in [3.8, 4) is 0 Å². The lowest BCUT2D eigenvalue weighted by molar-refractivity contribution is -0.192. The summed E-state index contributed by atoms with van der Waals surface area (Å²) in [6.45, 7) is 11.7. The normalized spacial score (nSPS) is 55.0. The molecule has 0 amide bonds. The molecule has 3 saturated carbocycles. The predicted octanol–water partition coefficient (Wildman–Crippen LogP) is 5.44. The minimum absolute atomic E-state index is 0.0161. The number of rotatable bonds is 1. The van der Waals surface area contributed by atoms with Crippen molar-refractivity contribution in [2.24, 2.45) is 28.6 Å². The van der Waals surface area contributed by atoms with Crippen LogP contribution in [0.25, 0.3) is 0 Å². The molecule has 3 heteroatoms. The van der Waals surface area contributed by atoms with E-state index in [9.17, 15) is 0 Å². The van der Waals surface area contributed by atoms with Crippen LogP contribution in [0.2, 0.25) is 0 Å². The van der Waals surface area contributed by atoms with Gasteiger partial charge < -0.3 is 14.2 Å². The summed E-state index contributed by atoms with van der Waals surface area (Å²) in [7, 11) is 0. The van der Waals surface area contributed by atoms with Gasteiger partial charge in [0.05, 0.1) is 23.6 Å². The van der Waals surface area contributed by atoms with Gasteiger partial charge in [-0.2, -0.15) is 0 Å². The van der Waals surface area contributed by atoms with E-state index in [1.165, 1.54) is 38.5 Å². The predicted molar refractivity (Wildman–Crippen MR) is 101 cm³/mol. The fourth-order valence-corrected chi connectivity index (χ4v) is 7.80. The van der Waals surface area contributed by atoms with Gasteiger partial charge in [0.15, 0.2) is 0 Å². The number of fused-ring (bicyclic) bond motifs is 5. The molecule has 0 aromatic carbocycles. The molecule has 3 nitrogen and oxygen atoms in total. The lowest BCUT2D eigenvalue weighted by Crippen LogP contribution is -2.58. The van der Waals surface area contributed by atoms with E-state index < -0.39 is 0 Å². The number of ether oxygens (including phenoxy) is 3. The van der Waals surface area contributed by atoms with E-state index >= 15 is 0 Å². The molecule has 2 aliphatic heterocycles. The Balaban J connectivity index is 1.44. The first-order valence-electron chi connectivity index (χ1n) is 10.9. The van der Waals surface area contributed by atoms with Crippen LogP contribution < -0.4 is 0 Å². The standard InChI is InChI=1S/C23H36O3/c1-20(2,3)25-18-7-6-16-15-8-11-23-12-13-24-19(26-23)14-22(23,5)17(15)9-10-21(16,18)4/h12-13,15-19H,6-11,14H2,1-5H3/t15?,16?,17?,18-,19+,21-,22+,23+/m0/s1. The summed E-state index contributed by atoms with van der Waals surface area (Å²) in [5, 5.41) is 0. The van der Waals surface area contributed by atoms with E-state index in [0.29, 0.717) is 11.5 Å². The van der Waals surface area contributed by atoms with Crippen molar-refractivity contribution < 1.29 is 14.2 Å². The second kappa shape index (κ2) is 5.29. The molecule has 146 valence electrons. The minimum atomic E-state index is -0.0647. The van der Waals surface area contributed by atoms with Crippen molar-refractivity contribution in [2.45, 2.75) is 103 Å². The van der Waals surface area contributed by atoms with Crippen molar-refractivity contribution >= 4 is 0 Å². The first kappa shape index (κ1) is 17.6. The van der Waals surface area contributed by atoms with Gasteiger partial charge in [-0.3, -0.25) is 0 Å². The number of hydrogen-bond acceptors (Lipinski definition) is 3. The highest BCUT2D eigenvalue weighted by Crippen LogP contribution is 2.69. The Kier molecular flexibility index (Phi) is 3.57. The largest absolute Gasteiger partial charge is 0.473 e. The molecule has 2 bridgehead atoms. The van der Waals surface area contributed by atoms with Gasteiger partial charge in [0.1, 0.15) is 0 Å². The monoisotopic (exact) mass is 360 g/mol. The summed E-state index contributed by atoms with van der Waals surface area (Å²) in [5.41, 5.74) is 0.485.